The Morgan fingerprint density at radius 3 is 2.89 bits per heavy atom. The summed E-state index contributed by atoms with van der Waals surface area (Å²) in [5, 5.41) is 0. The Morgan fingerprint density at radius 1 is 1.78 bits per heavy atom. The van der Waals surface area contributed by atoms with E-state index in [-0.39, 0.29) is 11.7 Å². The third-order valence-electron chi connectivity index (χ3n) is 2.27. The van der Waals surface area contributed by atoms with E-state index >= 15 is 0 Å². The van der Waals surface area contributed by atoms with Crippen LogP contribution in [0.15, 0.2) is 17.0 Å². The van der Waals surface area contributed by atoms with Crippen LogP contribution in [0.3, 0.4) is 0 Å². The summed E-state index contributed by atoms with van der Waals surface area (Å²) in [7, 11) is 0. The van der Waals surface area contributed by atoms with E-state index in [1.807, 2.05) is 6.92 Å². The minimum absolute atomic E-state index is 0.0301. The Morgan fingerprint density at radius 2 is 2.56 bits per heavy atom. The van der Waals surface area contributed by atoms with Gasteiger partial charge < -0.3 is 0 Å². The highest BCUT2D eigenvalue weighted by molar-refractivity contribution is 5.94. The van der Waals surface area contributed by atoms with Gasteiger partial charge in [-0.1, -0.05) is 6.92 Å². The fourth-order valence-corrected chi connectivity index (χ4v) is 1.41. The molecular weight excluding hydrogens is 117 g/mol. The molecule has 1 saturated carbocycles. The molecular formula is C7H8FN. The lowest BCUT2D eigenvalue weighted by Crippen LogP contribution is -2.37. The highest BCUT2D eigenvalue weighted by Gasteiger charge is 2.39. The molecule has 1 fully saturated rings. The van der Waals surface area contributed by atoms with Crippen molar-refractivity contribution < 1.29 is 4.39 Å². The maximum atomic E-state index is 12.6. The molecule has 0 aromatic rings. The Hall–Kier alpha value is -0.660. The van der Waals surface area contributed by atoms with Crippen LogP contribution < -0.4 is 0 Å². The minimum atomic E-state index is -0.0301. The molecule has 3 rings (SSSR count). The van der Waals surface area contributed by atoms with Gasteiger partial charge >= 0.3 is 0 Å². The van der Waals surface area contributed by atoms with Crippen LogP contribution in [0.25, 0.3) is 0 Å². The average Bonchev–Trinajstić information content (AvgIpc) is 1.86. The van der Waals surface area contributed by atoms with Crippen LogP contribution in [0.1, 0.15) is 13.3 Å². The smallest absolute Gasteiger partial charge is 0.122 e. The van der Waals surface area contributed by atoms with Gasteiger partial charge in [-0.25, -0.2) is 4.39 Å². The summed E-state index contributed by atoms with van der Waals surface area (Å²) >= 11 is 0. The molecule has 0 aromatic heterocycles. The second-order valence-corrected chi connectivity index (χ2v) is 2.73. The van der Waals surface area contributed by atoms with Crippen molar-refractivity contribution >= 4 is 5.71 Å². The maximum absolute atomic E-state index is 12.6. The number of allylic oxidation sites excluding steroid dienone is 1. The highest BCUT2D eigenvalue weighted by Crippen LogP contribution is 2.40. The second kappa shape index (κ2) is 1.43. The molecule has 2 heterocycles. The van der Waals surface area contributed by atoms with Crippen molar-refractivity contribution in [2.45, 2.75) is 13.3 Å². The number of nitrogens with zero attached hydrogens (tertiary/aromatic N) is 1. The molecule has 0 saturated heterocycles. The SMILES string of the molecule is CC1C2=NC=C(F)C1C2. The molecule has 0 amide bonds. The normalized spacial score (nSPS) is 38.9. The van der Waals surface area contributed by atoms with Crippen LogP contribution in [0.5, 0.6) is 0 Å². The average molecular weight is 125 g/mol. The van der Waals surface area contributed by atoms with Crippen molar-refractivity contribution in [1.29, 1.82) is 0 Å². The molecule has 1 nitrogen and oxygen atoms in total. The van der Waals surface area contributed by atoms with E-state index in [1.54, 1.807) is 0 Å². The number of fused-ring (bicyclic) bond motifs is 1. The van der Waals surface area contributed by atoms with Gasteiger partial charge in [-0.3, -0.25) is 4.99 Å². The van der Waals surface area contributed by atoms with Gasteiger partial charge in [0.2, 0.25) is 0 Å². The molecule has 0 spiro atoms. The van der Waals surface area contributed by atoms with Crippen LogP contribution >= 0.6 is 0 Å². The molecule has 2 aliphatic heterocycles. The molecule has 0 aromatic carbocycles. The quantitative estimate of drug-likeness (QED) is 0.469. The van der Waals surface area contributed by atoms with Gasteiger partial charge in [0.1, 0.15) is 5.83 Å². The lowest BCUT2D eigenvalue weighted by Gasteiger charge is -2.37. The van der Waals surface area contributed by atoms with E-state index < -0.39 is 0 Å². The molecule has 2 bridgehead atoms. The van der Waals surface area contributed by atoms with Crippen LogP contribution in [0.4, 0.5) is 4.39 Å². The largest absolute Gasteiger partial charge is 0.263 e. The van der Waals surface area contributed by atoms with Gasteiger partial charge in [-0.15, -0.1) is 0 Å². The van der Waals surface area contributed by atoms with Crippen molar-refractivity contribution in [3.63, 3.8) is 0 Å². The Bertz CT molecular complexity index is 205. The molecule has 0 radical (unpaired) electrons. The summed E-state index contributed by atoms with van der Waals surface area (Å²) in [5.74, 6) is 0.532. The van der Waals surface area contributed by atoms with Gasteiger partial charge in [0.25, 0.3) is 0 Å². The summed E-state index contributed by atoms with van der Waals surface area (Å²) in [5.41, 5.74) is 1.17. The highest BCUT2D eigenvalue weighted by atomic mass is 19.1. The molecule has 0 N–H and O–H groups in total. The van der Waals surface area contributed by atoms with Crippen molar-refractivity contribution in [3.05, 3.63) is 12.0 Å². The van der Waals surface area contributed by atoms with Crippen molar-refractivity contribution in [1.82, 2.24) is 0 Å². The summed E-state index contributed by atoms with van der Waals surface area (Å²) in [4.78, 5) is 3.94. The topological polar surface area (TPSA) is 12.4 Å². The molecule has 9 heavy (non-hydrogen) atoms. The fraction of sp³-hybridized carbons (Fsp3) is 0.571. The Labute approximate surface area is 53.3 Å². The standard InChI is InChI=1S/C7H8FN/c1-4-5-2-7(4)9-3-6(5)8/h3-5H,2H2,1H3. The van der Waals surface area contributed by atoms with E-state index in [2.05, 4.69) is 4.99 Å². The zero-order valence-corrected chi connectivity index (χ0v) is 5.26. The maximum Gasteiger partial charge on any atom is 0.122 e. The van der Waals surface area contributed by atoms with E-state index in [0.29, 0.717) is 5.92 Å². The van der Waals surface area contributed by atoms with Gasteiger partial charge in [-0.2, -0.15) is 0 Å². The number of rotatable bonds is 0. The van der Waals surface area contributed by atoms with Crippen molar-refractivity contribution in [3.8, 4) is 0 Å². The Balaban J connectivity index is 2.35. The van der Waals surface area contributed by atoms with Crippen LogP contribution in [0.2, 0.25) is 0 Å². The van der Waals surface area contributed by atoms with Gasteiger partial charge in [0.05, 0.1) is 6.20 Å². The minimum Gasteiger partial charge on any atom is -0.263 e. The second-order valence-electron chi connectivity index (χ2n) is 2.73. The molecule has 1 aliphatic carbocycles. The first-order valence-electron chi connectivity index (χ1n) is 3.21. The predicted octanol–water partition coefficient (Wildman–Crippen LogP) is 1.91. The number of hydrogen-bond acceptors (Lipinski definition) is 1. The van der Waals surface area contributed by atoms with Crippen molar-refractivity contribution in [2.75, 3.05) is 0 Å². The molecule has 2 unspecified atom stereocenters. The third kappa shape index (κ3) is 0.506. The van der Waals surface area contributed by atoms with Crippen LogP contribution in [-0.2, 0) is 0 Å². The monoisotopic (exact) mass is 125 g/mol. The zero-order valence-electron chi connectivity index (χ0n) is 5.26. The summed E-state index contributed by atoms with van der Waals surface area (Å²) in [6.45, 7) is 2.03. The van der Waals surface area contributed by atoms with Gasteiger partial charge in [0.15, 0.2) is 0 Å². The first-order valence-corrected chi connectivity index (χ1v) is 3.21. The number of halogens is 1. The number of hydrogen-bond donors (Lipinski definition) is 0. The fourth-order valence-electron chi connectivity index (χ4n) is 1.41. The lowest BCUT2D eigenvalue weighted by molar-refractivity contribution is 0.352. The van der Waals surface area contributed by atoms with E-state index in [9.17, 15) is 4.39 Å². The van der Waals surface area contributed by atoms with Crippen LogP contribution in [0, 0.1) is 11.8 Å². The first kappa shape index (κ1) is 5.15. The van der Waals surface area contributed by atoms with Gasteiger partial charge in [-0.05, 0) is 6.42 Å². The Kier molecular flexibility index (Phi) is 0.821. The van der Waals surface area contributed by atoms with Crippen molar-refractivity contribution in [2.24, 2.45) is 16.8 Å². The van der Waals surface area contributed by atoms with E-state index in [4.69, 9.17) is 0 Å². The summed E-state index contributed by atoms with van der Waals surface area (Å²) in [6.07, 6.45) is 2.22. The predicted molar refractivity (Wildman–Crippen MR) is 33.9 cm³/mol. The number of aliphatic imine (C=N–C) groups is 1. The van der Waals surface area contributed by atoms with E-state index in [1.165, 1.54) is 11.9 Å². The molecule has 3 aliphatic rings. The van der Waals surface area contributed by atoms with E-state index in [0.717, 1.165) is 6.42 Å². The zero-order chi connectivity index (χ0) is 6.43. The lowest BCUT2D eigenvalue weighted by atomic mass is 9.71. The molecule has 2 atom stereocenters. The molecule has 48 valence electrons. The van der Waals surface area contributed by atoms with Gasteiger partial charge in [0, 0.05) is 17.5 Å². The summed E-state index contributed by atoms with van der Waals surface area (Å²) in [6, 6.07) is 0. The molecule has 2 heteroatoms. The first-order chi connectivity index (χ1) is 4.29. The van der Waals surface area contributed by atoms with Crippen LogP contribution in [-0.4, -0.2) is 5.71 Å². The summed E-state index contributed by atoms with van der Waals surface area (Å²) < 4.78 is 12.6. The third-order valence-corrected chi connectivity index (χ3v) is 2.27.